The van der Waals surface area contributed by atoms with Gasteiger partial charge in [0.25, 0.3) is 0 Å². The Hall–Kier alpha value is -2.97. The van der Waals surface area contributed by atoms with Crippen LogP contribution in [0.2, 0.25) is 5.02 Å². The van der Waals surface area contributed by atoms with Gasteiger partial charge in [-0.2, -0.15) is 0 Å². The maximum absolute atomic E-state index is 11.6. The largest absolute Gasteiger partial charge is 0.382 e. The molecule has 1 heterocycles. The molecule has 0 aliphatic heterocycles. The number of hydrogen-bond donors (Lipinski definition) is 2. The summed E-state index contributed by atoms with van der Waals surface area (Å²) in [5, 5.41) is 16.6. The Morgan fingerprint density at radius 3 is 2.17 bits per heavy atom. The van der Waals surface area contributed by atoms with E-state index in [2.05, 4.69) is 4.98 Å². The first-order valence-corrected chi connectivity index (χ1v) is 11.0. The maximum atomic E-state index is 11.6. The molecule has 0 fully saturated rings. The van der Waals surface area contributed by atoms with Crippen molar-refractivity contribution in [3.8, 4) is 17.1 Å². The van der Waals surface area contributed by atoms with E-state index in [4.69, 9.17) is 16.7 Å². The minimum absolute atomic E-state index is 0.0175. The molecule has 0 amide bonds. The summed E-state index contributed by atoms with van der Waals surface area (Å²) in [6.07, 6.45) is 0.815. The van der Waals surface area contributed by atoms with Crippen molar-refractivity contribution >= 4 is 21.6 Å². The molecule has 1 atom stereocenters. The van der Waals surface area contributed by atoms with Crippen LogP contribution in [-0.4, -0.2) is 23.1 Å². The van der Waals surface area contributed by atoms with Gasteiger partial charge >= 0.3 is 0 Å². The first-order valence-electron chi connectivity index (χ1n) is 9.04. The molecule has 0 saturated carbocycles. The Bertz CT molecular complexity index is 1270. The van der Waals surface area contributed by atoms with E-state index in [1.807, 2.05) is 42.5 Å². The van der Waals surface area contributed by atoms with E-state index in [0.717, 1.165) is 11.1 Å². The highest BCUT2D eigenvalue weighted by molar-refractivity contribution is 7.89. The van der Waals surface area contributed by atoms with Crippen LogP contribution in [0, 0.1) is 0 Å². The van der Waals surface area contributed by atoms with Crippen molar-refractivity contribution in [3.05, 3.63) is 101 Å². The second-order valence-electron chi connectivity index (χ2n) is 6.72. The SMILES string of the molecule is NS(=O)(=O)c1ccc(-n2cc(C(O)c3ccccc3)nc2-c2ccc(Cl)cc2)cc1. The van der Waals surface area contributed by atoms with Crippen molar-refractivity contribution < 1.29 is 13.5 Å². The predicted octanol–water partition coefficient (Wildman–Crippen LogP) is 3.92. The van der Waals surface area contributed by atoms with E-state index in [1.54, 1.807) is 35.0 Å². The quantitative estimate of drug-likeness (QED) is 0.492. The highest BCUT2D eigenvalue weighted by atomic mass is 35.5. The third-order valence-electron chi connectivity index (χ3n) is 4.67. The number of nitrogens with two attached hydrogens (primary N) is 1. The second-order valence-corrected chi connectivity index (χ2v) is 8.72. The van der Waals surface area contributed by atoms with E-state index in [0.29, 0.717) is 22.2 Å². The molecule has 4 rings (SSSR count). The van der Waals surface area contributed by atoms with Crippen molar-refractivity contribution in [2.24, 2.45) is 5.14 Å². The Balaban J connectivity index is 1.83. The number of rotatable bonds is 5. The Kier molecular flexibility index (Phi) is 5.44. The van der Waals surface area contributed by atoms with Crippen LogP contribution in [0.1, 0.15) is 17.4 Å². The zero-order valence-electron chi connectivity index (χ0n) is 15.7. The number of aromatic nitrogens is 2. The third-order valence-corrected chi connectivity index (χ3v) is 5.85. The van der Waals surface area contributed by atoms with Gasteiger partial charge in [-0.25, -0.2) is 18.5 Å². The van der Waals surface area contributed by atoms with Crippen LogP contribution in [0.15, 0.2) is 90.0 Å². The van der Waals surface area contributed by atoms with Gasteiger partial charge < -0.3 is 5.11 Å². The van der Waals surface area contributed by atoms with E-state index in [9.17, 15) is 13.5 Å². The van der Waals surface area contributed by atoms with Crippen molar-refractivity contribution in [2.75, 3.05) is 0 Å². The summed E-state index contributed by atoms with van der Waals surface area (Å²) in [6.45, 7) is 0. The normalized spacial score (nSPS) is 12.6. The average Bonchev–Trinajstić information content (AvgIpc) is 3.19. The fourth-order valence-electron chi connectivity index (χ4n) is 3.13. The van der Waals surface area contributed by atoms with Crippen molar-refractivity contribution in [1.29, 1.82) is 0 Å². The number of aliphatic hydroxyl groups excluding tert-OH is 1. The lowest BCUT2D eigenvalue weighted by molar-refractivity contribution is 0.216. The predicted molar refractivity (Wildman–Crippen MR) is 116 cm³/mol. The van der Waals surface area contributed by atoms with Crippen molar-refractivity contribution in [1.82, 2.24) is 9.55 Å². The fourth-order valence-corrected chi connectivity index (χ4v) is 3.77. The molecule has 3 aromatic carbocycles. The van der Waals surface area contributed by atoms with Gasteiger partial charge in [0.2, 0.25) is 10.0 Å². The molecule has 0 spiro atoms. The summed E-state index contributed by atoms with van der Waals surface area (Å²) in [4.78, 5) is 4.68. The Morgan fingerprint density at radius 2 is 1.57 bits per heavy atom. The molecule has 0 radical (unpaired) electrons. The van der Waals surface area contributed by atoms with Gasteiger partial charge in [0.05, 0.1) is 10.6 Å². The van der Waals surface area contributed by atoms with Crippen LogP contribution in [0.3, 0.4) is 0 Å². The maximum Gasteiger partial charge on any atom is 0.238 e. The zero-order valence-corrected chi connectivity index (χ0v) is 17.3. The molecule has 1 unspecified atom stereocenters. The average molecular weight is 440 g/mol. The van der Waals surface area contributed by atoms with Crippen molar-refractivity contribution in [2.45, 2.75) is 11.0 Å². The lowest BCUT2D eigenvalue weighted by Gasteiger charge is -2.09. The highest BCUT2D eigenvalue weighted by Crippen LogP contribution is 2.29. The van der Waals surface area contributed by atoms with Gasteiger partial charge in [0, 0.05) is 22.5 Å². The number of aliphatic hydroxyl groups is 1. The second kappa shape index (κ2) is 8.04. The number of hydrogen-bond acceptors (Lipinski definition) is 4. The Labute approximate surface area is 179 Å². The van der Waals surface area contributed by atoms with Crippen LogP contribution in [0.5, 0.6) is 0 Å². The molecule has 0 saturated heterocycles. The molecule has 4 aromatic rings. The number of benzene rings is 3. The monoisotopic (exact) mass is 439 g/mol. The summed E-state index contributed by atoms with van der Waals surface area (Å²) >= 11 is 6.02. The summed E-state index contributed by atoms with van der Waals surface area (Å²) in [5.74, 6) is 0.583. The van der Waals surface area contributed by atoms with E-state index >= 15 is 0 Å². The van der Waals surface area contributed by atoms with Crippen LogP contribution in [-0.2, 0) is 10.0 Å². The summed E-state index contributed by atoms with van der Waals surface area (Å²) in [7, 11) is -3.79. The first-order chi connectivity index (χ1) is 14.3. The topological polar surface area (TPSA) is 98.2 Å². The van der Waals surface area contributed by atoms with Crippen molar-refractivity contribution in [3.63, 3.8) is 0 Å². The molecule has 30 heavy (non-hydrogen) atoms. The number of primary sulfonamides is 1. The molecule has 8 heteroatoms. The van der Waals surface area contributed by atoms with E-state index < -0.39 is 16.1 Å². The van der Waals surface area contributed by atoms with Gasteiger partial charge in [-0.1, -0.05) is 41.9 Å². The summed E-state index contributed by atoms with van der Waals surface area (Å²) in [5.41, 5.74) is 2.64. The van der Waals surface area contributed by atoms with Gasteiger partial charge in [0.1, 0.15) is 11.9 Å². The molecule has 3 N–H and O–H groups in total. The van der Waals surface area contributed by atoms with Crippen LogP contribution >= 0.6 is 11.6 Å². The van der Waals surface area contributed by atoms with Crippen LogP contribution in [0.4, 0.5) is 0 Å². The van der Waals surface area contributed by atoms with Gasteiger partial charge in [-0.05, 0) is 54.1 Å². The molecule has 0 aliphatic carbocycles. The standard InChI is InChI=1S/C22H18ClN3O3S/c23-17-8-6-16(7-9-17)22-25-20(21(27)15-4-2-1-3-5-15)14-26(22)18-10-12-19(13-11-18)30(24,28)29/h1-14,21,27H,(H2,24,28,29). The Morgan fingerprint density at radius 1 is 0.933 bits per heavy atom. The summed E-state index contributed by atoms with van der Waals surface area (Å²) in [6, 6.07) is 22.5. The highest BCUT2D eigenvalue weighted by Gasteiger charge is 2.19. The molecular formula is C22H18ClN3O3S. The van der Waals surface area contributed by atoms with Gasteiger partial charge in [0.15, 0.2) is 0 Å². The molecule has 0 bridgehead atoms. The van der Waals surface area contributed by atoms with Crippen LogP contribution in [0.25, 0.3) is 17.1 Å². The number of halogens is 1. The summed E-state index contributed by atoms with van der Waals surface area (Å²) < 4.78 is 24.9. The number of imidazole rings is 1. The lowest BCUT2D eigenvalue weighted by atomic mass is 10.1. The number of nitrogens with zero attached hydrogens (tertiary/aromatic N) is 2. The smallest absolute Gasteiger partial charge is 0.238 e. The minimum Gasteiger partial charge on any atom is -0.382 e. The van der Waals surface area contributed by atoms with Crippen LogP contribution < -0.4 is 5.14 Å². The number of sulfonamides is 1. The molecule has 152 valence electrons. The van der Waals surface area contributed by atoms with E-state index in [-0.39, 0.29) is 4.90 Å². The molecular weight excluding hydrogens is 422 g/mol. The molecule has 6 nitrogen and oxygen atoms in total. The zero-order chi connectivity index (χ0) is 21.3. The van der Waals surface area contributed by atoms with Gasteiger partial charge in [-0.15, -0.1) is 0 Å². The first kappa shape index (κ1) is 20.3. The molecule has 1 aromatic heterocycles. The third kappa shape index (κ3) is 4.15. The minimum atomic E-state index is -3.79. The lowest BCUT2D eigenvalue weighted by Crippen LogP contribution is -2.12. The fraction of sp³-hybridized carbons (Fsp3) is 0.0455. The van der Waals surface area contributed by atoms with E-state index in [1.165, 1.54) is 12.1 Å². The molecule has 0 aliphatic rings. The van der Waals surface area contributed by atoms with Gasteiger partial charge in [-0.3, -0.25) is 4.57 Å².